The average Bonchev–Trinajstić information content (AvgIpc) is 3.07. The van der Waals surface area contributed by atoms with Crippen molar-refractivity contribution in [2.24, 2.45) is 5.92 Å². The molecule has 4 nitrogen and oxygen atoms in total. The molecule has 0 amide bonds. The molecule has 0 bridgehead atoms. The van der Waals surface area contributed by atoms with Crippen molar-refractivity contribution in [2.75, 3.05) is 0 Å². The van der Waals surface area contributed by atoms with E-state index in [1.165, 1.54) is 11.3 Å². The molecule has 0 radical (unpaired) electrons. The first-order valence-corrected chi connectivity index (χ1v) is 10.0. The second kappa shape index (κ2) is 7.57. The maximum atomic E-state index is 12.5. The minimum absolute atomic E-state index is 0.000608. The molecule has 0 aliphatic carbocycles. The topological polar surface area (TPSA) is 66.4 Å². The predicted octanol–water partition coefficient (Wildman–Crippen LogP) is 3.48. The molecule has 0 saturated heterocycles. The van der Waals surface area contributed by atoms with Gasteiger partial charge in [-0.2, -0.15) is 0 Å². The van der Waals surface area contributed by atoms with E-state index in [1.807, 2.05) is 45.0 Å². The smallest absolute Gasteiger partial charge is 0.250 e. The Morgan fingerprint density at radius 2 is 1.91 bits per heavy atom. The van der Waals surface area contributed by atoms with Gasteiger partial charge in [0.2, 0.25) is 10.0 Å². The largest absolute Gasteiger partial charge is 0.387 e. The van der Waals surface area contributed by atoms with Gasteiger partial charge in [0.15, 0.2) is 0 Å². The maximum absolute atomic E-state index is 12.5. The van der Waals surface area contributed by atoms with Crippen LogP contribution in [-0.2, 0) is 10.0 Å². The van der Waals surface area contributed by atoms with Crippen LogP contribution < -0.4 is 4.72 Å². The number of hydrogen-bond donors (Lipinski definition) is 2. The van der Waals surface area contributed by atoms with E-state index >= 15 is 0 Å². The Balaban J connectivity index is 2.33. The summed E-state index contributed by atoms with van der Waals surface area (Å²) in [7, 11) is -3.63. The van der Waals surface area contributed by atoms with Gasteiger partial charge in [0.1, 0.15) is 4.21 Å². The van der Waals surface area contributed by atoms with Crippen LogP contribution in [0.25, 0.3) is 0 Å². The quantitative estimate of drug-likeness (QED) is 0.801. The van der Waals surface area contributed by atoms with E-state index in [-0.39, 0.29) is 10.1 Å². The van der Waals surface area contributed by atoms with E-state index in [1.54, 1.807) is 17.5 Å². The van der Waals surface area contributed by atoms with E-state index in [4.69, 9.17) is 0 Å². The van der Waals surface area contributed by atoms with Crippen LogP contribution in [0.5, 0.6) is 0 Å². The third-order valence-corrected chi connectivity index (χ3v) is 7.01. The lowest BCUT2D eigenvalue weighted by Gasteiger charge is -2.29. The van der Waals surface area contributed by atoms with Crippen molar-refractivity contribution >= 4 is 21.4 Å². The second-order valence-corrected chi connectivity index (χ2v) is 8.65. The first-order chi connectivity index (χ1) is 10.9. The molecule has 0 fully saturated rings. The first kappa shape index (κ1) is 18.1. The number of rotatable bonds is 7. The summed E-state index contributed by atoms with van der Waals surface area (Å²) in [5, 5.41) is 12.5. The van der Waals surface area contributed by atoms with Gasteiger partial charge in [-0.25, -0.2) is 13.1 Å². The van der Waals surface area contributed by atoms with E-state index in [2.05, 4.69) is 4.72 Å². The van der Waals surface area contributed by atoms with E-state index < -0.39 is 22.2 Å². The van der Waals surface area contributed by atoms with Gasteiger partial charge in [-0.3, -0.25) is 0 Å². The molecule has 2 aromatic rings. The molecule has 1 aromatic heterocycles. The van der Waals surface area contributed by atoms with E-state index in [0.717, 1.165) is 17.5 Å². The number of hydrogen-bond acceptors (Lipinski definition) is 4. The molecule has 3 atom stereocenters. The Morgan fingerprint density at radius 3 is 2.48 bits per heavy atom. The van der Waals surface area contributed by atoms with E-state index in [0.29, 0.717) is 0 Å². The van der Waals surface area contributed by atoms with Crippen molar-refractivity contribution in [3.63, 3.8) is 0 Å². The Hall–Kier alpha value is -1.21. The minimum atomic E-state index is -3.63. The summed E-state index contributed by atoms with van der Waals surface area (Å²) in [5.74, 6) is -0.000608. The molecule has 6 heteroatoms. The zero-order valence-electron chi connectivity index (χ0n) is 13.6. The molecule has 2 rings (SSSR count). The lowest BCUT2D eigenvalue weighted by Crippen LogP contribution is -2.43. The van der Waals surface area contributed by atoms with Gasteiger partial charge in [0.25, 0.3) is 0 Å². The summed E-state index contributed by atoms with van der Waals surface area (Å²) < 4.78 is 28.0. The highest BCUT2D eigenvalue weighted by Crippen LogP contribution is 2.28. The molecule has 0 aliphatic rings. The van der Waals surface area contributed by atoms with Crippen molar-refractivity contribution in [3.05, 3.63) is 52.9 Å². The number of aliphatic hydroxyl groups excluding tert-OH is 1. The lowest BCUT2D eigenvalue weighted by atomic mass is 9.89. The van der Waals surface area contributed by atoms with Crippen LogP contribution in [0.15, 0.2) is 46.0 Å². The van der Waals surface area contributed by atoms with Crippen molar-refractivity contribution in [1.29, 1.82) is 0 Å². The molecule has 0 saturated carbocycles. The van der Waals surface area contributed by atoms with Gasteiger partial charge in [-0.15, -0.1) is 11.3 Å². The monoisotopic (exact) mass is 353 g/mol. The highest BCUT2D eigenvalue weighted by atomic mass is 32.2. The Morgan fingerprint density at radius 1 is 1.22 bits per heavy atom. The number of thiophene rings is 1. The highest BCUT2D eigenvalue weighted by molar-refractivity contribution is 7.91. The lowest BCUT2D eigenvalue weighted by molar-refractivity contribution is 0.111. The fourth-order valence-corrected chi connectivity index (χ4v) is 4.87. The molecule has 0 spiro atoms. The number of benzene rings is 1. The zero-order chi connectivity index (χ0) is 17.0. The summed E-state index contributed by atoms with van der Waals surface area (Å²) in [6.45, 7) is 5.85. The molecule has 1 aromatic carbocycles. The van der Waals surface area contributed by atoms with Crippen molar-refractivity contribution < 1.29 is 13.5 Å². The van der Waals surface area contributed by atoms with Crippen molar-refractivity contribution in [1.82, 2.24) is 4.72 Å². The first-order valence-electron chi connectivity index (χ1n) is 7.66. The summed E-state index contributed by atoms with van der Waals surface area (Å²) in [6.07, 6.45) is -0.124. The second-order valence-electron chi connectivity index (χ2n) is 5.77. The van der Waals surface area contributed by atoms with Gasteiger partial charge in [0.05, 0.1) is 12.1 Å². The van der Waals surface area contributed by atoms with Crippen LogP contribution in [-0.4, -0.2) is 19.6 Å². The molecular formula is C17H23NO3S2. The molecule has 1 heterocycles. The molecular weight excluding hydrogens is 330 g/mol. The van der Waals surface area contributed by atoms with Crippen LogP contribution in [0, 0.1) is 12.8 Å². The van der Waals surface area contributed by atoms with Gasteiger partial charge < -0.3 is 5.11 Å². The molecule has 23 heavy (non-hydrogen) atoms. The summed E-state index contributed by atoms with van der Waals surface area (Å²) in [5.41, 5.74) is 1.70. The standard InChI is InChI=1S/C17H23NO3S2/c1-4-12(2)16(17(19)14-9-6-5-8-13(14)3)18-23(20,21)15-10-7-11-22-15/h5-12,16-19H,4H2,1-3H3/t12?,16-,17?/m0/s1. The number of aliphatic hydroxyl groups is 1. The van der Waals surface area contributed by atoms with Crippen LogP contribution in [0.4, 0.5) is 0 Å². The fraction of sp³-hybridized carbons (Fsp3) is 0.412. The minimum Gasteiger partial charge on any atom is -0.387 e. The Labute approximate surface area is 142 Å². The van der Waals surface area contributed by atoms with Crippen molar-refractivity contribution in [2.45, 2.75) is 43.5 Å². The van der Waals surface area contributed by atoms with Gasteiger partial charge in [-0.05, 0) is 35.4 Å². The number of nitrogens with one attached hydrogen (secondary N) is 1. The highest BCUT2D eigenvalue weighted by Gasteiger charge is 2.31. The Kier molecular flexibility index (Phi) is 5.97. The van der Waals surface area contributed by atoms with Crippen LogP contribution in [0.2, 0.25) is 0 Å². The normalized spacial score (nSPS) is 16.0. The summed E-state index contributed by atoms with van der Waals surface area (Å²) in [6, 6.07) is 10.2. The SMILES string of the molecule is CCC(C)[C@H](NS(=O)(=O)c1cccs1)C(O)c1ccccc1C. The van der Waals surface area contributed by atoms with Gasteiger partial charge in [-0.1, -0.05) is 50.6 Å². The number of aryl methyl sites for hydroxylation is 1. The predicted molar refractivity (Wildman–Crippen MR) is 94.0 cm³/mol. The van der Waals surface area contributed by atoms with Crippen LogP contribution in [0.3, 0.4) is 0 Å². The maximum Gasteiger partial charge on any atom is 0.250 e. The number of sulfonamides is 1. The molecule has 2 N–H and O–H groups in total. The summed E-state index contributed by atoms with van der Waals surface area (Å²) in [4.78, 5) is 0. The van der Waals surface area contributed by atoms with Gasteiger partial charge in [0, 0.05) is 0 Å². The van der Waals surface area contributed by atoms with Crippen LogP contribution >= 0.6 is 11.3 Å². The van der Waals surface area contributed by atoms with Crippen molar-refractivity contribution in [3.8, 4) is 0 Å². The average molecular weight is 354 g/mol. The fourth-order valence-electron chi connectivity index (χ4n) is 2.51. The zero-order valence-corrected chi connectivity index (χ0v) is 15.2. The summed E-state index contributed by atoms with van der Waals surface area (Å²) >= 11 is 1.17. The molecule has 2 unspecified atom stereocenters. The third kappa shape index (κ3) is 4.20. The van der Waals surface area contributed by atoms with Crippen LogP contribution in [0.1, 0.15) is 37.5 Å². The Bertz CT molecular complexity index is 726. The van der Waals surface area contributed by atoms with E-state index in [9.17, 15) is 13.5 Å². The molecule has 0 aliphatic heterocycles. The van der Waals surface area contributed by atoms with Gasteiger partial charge >= 0.3 is 0 Å². The third-order valence-electron chi connectivity index (χ3n) is 4.16. The molecule has 126 valence electrons.